The molecule has 0 aromatic heterocycles. The molecule has 0 saturated carbocycles. The number of rotatable bonds is 11. The van der Waals surface area contributed by atoms with E-state index >= 15 is 0 Å². The van der Waals surface area contributed by atoms with Crippen LogP contribution in [0.5, 0.6) is 0 Å². The molecule has 2 aliphatic rings. The number of urea groups is 2. The van der Waals surface area contributed by atoms with E-state index < -0.39 is 48.1 Å². The summed E-state index contributed by atoms with van der Waals surface area (Å²) in [4.78, 5) is 41.3. The fourth-order valence-electron chi connectivity index (χ4n) is 8.61. The maximum atomic E-state index is 13.3. The molecule has 6 aromatic rings. The van der Waals surface area contributed by atoms with Gasteiger partial charge >= 0.3 is 18.0 Å². The first-order chi connectivity index (χ1) is 33.6. The van der Waals surface area contributed by atoms with Crippen LogP contribution in [0.1, 0.15) is 43.7 Å². The van der Waals surface area contributed by atoms with Crippen molar-refractivity contribution in [1.29, 1.82) is 0 Å². The molecule has 0 atom stereocenters. The lowest BCUT2D eigenvalue weighted by Gasteiger charge is -2.21. The van der Waals surface area contributed by atoms with Gasteiger partial charge in [0, 0.05) is 57.0 Å². The number of hydrogen-bond donors (Lipinski definition) is 8. The van der Waals surface area contributed by atoms with Crippen LogP contribution in [-0.2, 0) is 20.2 Å². The average molecular weight is 995 g/mol. The van der Waals surface area contributed by atoms with E-state index in [1.165, 1.54) is 48.5 Å². The van der Waals surface area contributed by atoms with Crippen LogP contribution in [0, 0.1) is 41.5 Å². The number of carbonyl (C=O) groups is 3. The van der Waals surface area contributed by atoms with Crippen LogP contribution in [0.4, 0.5) is 49.4 Å². The maximum absolute atomic E-state index is 13.3. The second-order valence-electron chi connectivity index (χ2n) is 16.8. The van der Waals surface area contributed by atoms with Crippen LogP contribution in [-0.4, -0.2) is 49.1 Å². The normalized spacial score (nSPS) is 11.9. The van der Waals surface area contributed by atoms with Gasteiger partial charge in [-0.15, -0.1) is 0 Å². The molecule has 1 heterocycles. The van der Waals surface area contributed by atoms with Crippen molar-refractivity contribution in [2.75, 3.05) is 26.6 Å². The average Bonchev–Trinajstić information content (AvgIpc) is 3.30. The van der Waals surface area contributed by atoms with Gasteiger partial charge in [-0.25, -0.2) is 19.4 Å². The summed E-state index contributed by atoms with van der Waals surface area (Å²) in [5.74, 6) is -1.12. The number of nitrogens with zero attached hydrogens (tertiary/aromatic N) is 1. The minimum Gasteiger partial charge on any atom is -0.478 e. The molecule has 4 amide bonds. The van der Waals surface area contributed by atoms with Gasteiger partial charge in [0.2, 0.25) is 0 Å². The first-order valence-corrected chi connectivity index (χ1v) is 24.6. The zero-order chi connectivity index (χ0) is 51.1. The molecule has 8 rings (SSSR count). The monoisotopic (exact) mass is 994 g/mol. The fourth-order valence-corrected chi connectivity index (χ4v) is 9.94. The minimum atomic E-state index is -5.08. The highest BCUT2D eigenvalue weighted by Gasteiger charge is 2.27. The molecule has 1 aliphatic carbocycles. The predicted molar refractivity (Wildman–Crippen MR) is 273 cm³/mol. The lowest BCUT2D eigenvalue weighted by molar-refractivity contribution is 0.0696. The molecule has 0 spiro atoms. The van der Waals surface area contributed by atoms with E-state index in [2.05, 4.69) is 26.6 Å². The van der Waals surface area contributed by atoms with Crippen molar-refractivity contribution in [3.63, 3.8) is 0 Å². The Bertz CT molecular complexity index is 3760. The zero-order valence-electron chi connectivity index (χ0n) is 38.9. The summed E-state index contributed by atoms with van der Waals surface area (Å²) in [6, 6.07) is 30.1. The Morgan fingerprint density at radius 2 is 1.08 bits per heavy atom. The molecule has 17 nitrogen and oxygen atoms in total. The Morgan fingerprint density at radius 1 is 0.535 bits per heavy atom. The smallest absolute Gasteiger partial charge is 0.335 e. The van der Waals surface area contributed by atoms with E-state index in [0.717, 1.165) is 22.8 Å². The summed E-state index contributed by atoms with van der Waals surface area (Å²) in [6.07, 6.45) is 0. The Kier molecular flexibility index (Phi) is 13.3. The molecule has 0 bridgehead atoms. The highest BCUT2D eigenvalue weighted by Crippen LogP contribution is 2.44. The number of fused-ring (bicyclic) bond motifs is 2. The van der Waals surface area contributed by atoms with E-state index in [0.29, 0.717) is 56.2 Å². The summed E-state index contributed by atoms with van der Waals surface area (Å²) >= 11 is 0. The van der Waals surface area contributed by atoms with Crippen LogP contribution < -0.4 is 31.9 Å². The third-order valence-corrected chi connectivity index (χ3v) is 13.6. The number of para-hydroxylation sites is 1. The molecule has 0 unspecified atom stereocenters. The number of aromatic carboxylic acids is 1. The van der Waals surface area contributed by atoms with Crippen molar-refractivity contribution >= 4 is 89.0 Å². The largest absolute Gasteiger partial charge is 0.478 e. The highest BCUT2D eigenvalue weighted by atomic mass is 32.2. The van der Waals surface area contributed by atoms with Crippen LogP contribution in [0.25, 0.3) is 33.4 Å². The van der Waals surface area contributed by atoms with Gasteiger partial charge in [-0.2, -0.15) is 16.8 Å². The summed E-state index contributed by atoms with van der Waals surface area (Å²) in [7, 11) is -9.95. The SMILES string of the molecule is Cc1cc(C)c(NC(=O)Nc2ccc(C(=O)O)cc2)c(C)c1N=c1cc2oc3cc(Nc4c(C)cc(C)c(NC(=O)Nc5ccccc5)c4C)ccc3c(-c3ccccc3S(=O)(=O)O)c-2cc1S(=O)(=O)O. The number of amides is 4. The summed E-state index contributed by atoms with van der Waals surface area (Å²) in [5.41, 5.74) is 7.69. The molecule has 1 aliphatic heterocycles. The zero-order valence-corrected chi connectivity index (χ0v) is 40.6. The molecular formula is C52H46N6O11S2. The quantitative estimate of drug-likeness (QED) is 0.0444. The fraction of sp³-hybridized carbons (Fsp3) is 0.115. The summed E-state index contributed by atoms with van der Waals surface area (Å²) in [5, 5.41) is 24.0. The van der Waals surface area contributed by atoms with Crippen molar-refractivity contribution in [2.24, 2.45) is 4.99 Å². The number of carbonyl (C=O) groups excluding carboxylic acids is 2. The van der Waals surface area contributed by atoms with Gasteiger partial charge in [-0.3, -0.25) is 9.11 Å². The van der Waals surface area contributed by atoms with Gasteiger partial charge in [0.15, 0.2) is 0 Å². The number of hydrogen-bond acceptors (Lipinski definition) is 10. The van der Waals surface area contributed by atoms with E-state index in [-0.39, 0.29) is 44.6 Å². The van der Waals surface area contributed by atoms with Crippen molar-refractivity contribution in [1.82, 2.24) is 0 Å². The van der Waals surface area contributed by atoms with E-state index in [1.54, 1.807) is 63.2 Å². The Morgan fingerprint density at radius 3 is 1.70 bits per heavy atom. The van der Waals surface area contributed by atoms with Crippen molar-refractivity contribution in [3.05, 3.63) is 166 Å². The third-order valence-electron chi connectivity index (χ3n) is 11.8. The maximum Gasteiger partial charge on any atom is 0.335 e. The summed E-state index contributed by atoms with van der Waals surface area (Å²) in [6.45, 7) is 10.8. The summed E-state index contributed by atoms with van der Waals surface area (Å²) < 4.78 is 80.3. The van der Waals surface area contributed by atoms with Crippen molar-refractivity contribution in [2.45, 2.75) is 51.3 Å². The molecule has 0 fully saturated rings. The van der Waals surface area contributed by atoms with Crippen molar-refractivity contribution < 1.29 is 49.8 Å². The van der Waals surface area contributed by atoms with Crippen LogP contribution >= 0.6 is 0 Å². The molecule has 6 aromatic carbocycles. The van der Waals surface area contributed by atoms with Crippen molar-refractivity contribution in [3.8, 4) is 22.5 Å². The van der Waals surface area contributed by atoms with Gasteiger partial charge in [0.05, 0.1) is 28.0 Å². The molecule has 0 radical (unpaired) electrons. The van der Waals surface area contributed by atoms with Gasteiger partial charge in [0.1, 0.15) is 21.1 Å². The van der Waals surface area contributed by atoms with E-state index in [1.807, 2.05) is 45.0 Å². The Labute approximate surface area is 408 Å². The van der Waals surface area contributed by atoms with Crippen LogP contribution in [0.3, 0.4) is 0 Å². The number of anilines is 6. The van der Waals surface area contributed by atoms with Gasteiger partial charge in [-0.1, -0.05) is 48.5 Å². The molecular weight excluding hydrogens is 949 g/mol. The number of benzene rings is 7. The number of carboxylic acid groups (broad SMARTS) is 1. The number of aryl methyl sites for hydroxylation is 4. The lowest BCUT2D eigenvalue weighted by atomic mass is 9.93. The number of carboxylic acids is 1. The van der Waals surface area contributed by atoms with Crippen LogP contribution in [0.15, 0.2) is 141 Å². The highest BCUT2D eigenvalue weighted by molar-refractivity contribution is 7.86. The lowest BCUT2D eigenvalue weighted by Crippen LogP contribution is -2.21. The van der Waals surface area contributed by atoms with Gasteiger partial charge in [-0.05, 0) is 136 Å². The number of nitrogens with one attached hydrogen (secondary N) is 5. The van der Waals surface area contributed by atoms with Gasteiger partial charge < -0.3 is 36.1 Å². The van der Waals surface area contributed by atoms with E-state index in [9.17, 15) is 45.4 Å². The molecule has 362 valence electrons. The van der Waals surface area contributed by atoms with Crippen LogP contribution in [0.2, 0.25) is 0 Å². The minimum absolute atomic E-state index is 0.000695. The molecule has 8 N–H and O–H groups in total. The second-order valence-corrected chi connectivity index (χ2v) is 19.6. The Hall–Kier alpha value is -8.36. The Balaban J connectivity index is 1.27. The predicted octanol–water partition coefficient (Wildman–Crippen LogP) is 11.5. The second kappa shape index (κ2) is 19.2. The van der Waals surface area contributed by atoms with E-state index in [4.69, 9.17) is 9.41 Å². The first kappa shape index (κ1) is 49.1. The standard InChI is InChI=1S/C52H46N6O11S2/c1-27-22-29(3)48(57-51(61)54-34-12-8-7-9-13-34)31(5)46(27)53-36-20-21-37-41(24-36)69-42-26-40(44(71(66,67)68)25-39(42)45(37)38-14-10-11-15-43(38)70(63,64)65)56-47-28(2)23-30(4)49(32(47)6)58-52(62)55-35-18-16-33(17-19-35)50(59)60/h7-26,53H,1-6H3,(H,59,60)(H2,54,57,61)(H2,55,58,62)(H,63,64,65)(H,66,67,68). The molecule has 0 saturated heterocycles. The first-order valence-electron chi connectivity index (χ1n) is 21.7. The topological polar surface area (TPSA) is 266 Å². The third kappa shape index (κ3) is 10.3. The van der Waals surface area contributed by atoms with Gasteiger partial charge in [0.25, 0.3) is 20.2 Å². The molecule has 71 heavy (non-hydrogen) atoms. The molecule has 19 heteroatoms.